The lowest BCUT2D eigenvalue weighted by molar-refractivity contribution is 0.0557. The van der Waals surface area contributed by atoms with Gasteiger partial charge in [-0.05, 0) is 64.1 Å². The Bertz CT molecular complexity index is 3200. The molecular weight excluding hydrogens is 1070 g/mol. The van der Waals surface area contributed by atoms with E-state index in [1.165, 1.54) is 76.2 Å². The molecule has 2 aromatic carbocycles. The van der Waals surface area contributed by atoms with Crippen molar-refractivity contribution in [2.45, 2.75) is 50.4 Å². The number of anilines is 2. The standard InChI is InChI=1S/2C23H27ClN8O5S/c2*1-6-37-20(21-25-12-15(24)13-26-21)14(2)38(33,34)30-23-28-27-22(16-10-11-31(3)29-16)32(23)19-17(35-4)8-7-9-18(19)36-5/h2*7-14,20H,6H2,1-5H3,(H,28,30)/t2*14-,20+/m10/s1. The van der Waals surface area contributed by atoms with Crippen LogP contribution >= 0.6 is 23.2 Å². The fraction of sp³-hybridized carbons (Fsp3) is 0.348. The molecule has 2 N–H and O–H groups in total. The molecule has 4 atom stereocenters. The first-order valence-corrected chi connectivity index (χ1v) is 26.8. The number of methoxy groups -OCH3 is 4. The van der Waals surface area contributed by atoms with Gasteiger partial charge in [0.25, 0.3) is 0 Å². The first-order chi connectivity index (χ1) is 36.4. The summed E-state index contributed by atoms with van der Waals surface area (Å²) in [5.41, 5.74) is 1.67. The van der Waals surface area contributed by atoms with Crippen LogP contribution in [0.15, 0.2) is 85.7 Å². The van der Waals surface area contributed by atoms with Gasteiger partial charge in [0.05, 0.1) is 38.5 Å². The lowest BCUT2D eigenvalue weighted by atomic mass is 10.2. The maximum Gasteiger partial charge on any atom is 0.243 e. The number of benzene rings is 2. The van der Waals surface area contributed by atoms with Crippen LogP contribution in [0.5, 0.6) is 23.0 Å². The molecule has 0 amide bonds. The average Bonchev–Trinajstić information content (AvgIpc) is 4.24. The number of hydrogen-bond donors (Lipinski definition) is 2. The van der Waals surface area contributed by atoms with Crippen molar-refractivity contribution in [3.8, 4) is 57.4 Å². The van der Waals surface area contributed by atoms with Crippen LogP contribution in [0, 0.1) is 0 Å². The number of nitrogens with one attached hydrogen (secondary N) is 2. The van der Waals surface area contributed by atoms with E-state index in [9.17, 15) is 16.8 Å². The highest BCUT2D eigenvalue weighted by molar-refractivity contribution is 7.93. The van der Waals surface area contributed by atoms with Crippen LogP contribution in [0.3, 0.4) is 0 Å². The predicted molar refractivity (Wildman–Crippen MR) is 280 cm³/mol. The van der Waals surface area contributed by atoms with E-state index in [2.05, 4.69) is 60.0 Å². The first-order valence-electron chi connectivity index (χ1n) is 22.9. The predicted octanol–water partition coefficient (Wildman–Crippen LogP) is 6.07. The van der Waals surface area contributed by atoms with Crippen molar-refractivity contribution >= 4 is 55.1 Å². The van der Waals surface area contributed by atoms with Gasteiger partial charge in [0.1, 0.15) is 68.5 Å². The van der Waals surface area contributed by atoms with Crippen molar-refractivity contribution in [1.29, 1.82) is 0 Å². The summed E-state index contributed by atoms with van der Waals surface area (Å²) in [6, 6.07) is 13.8. The van der Waals surface area contributed by atoms with Crippen LogP contribution in [0.25, 0.3) is 34.4 Å². The Morgan fingerprint density at radius 3 is 1.14 bits per heavy atom. The average molecular weight is 1130 g/mol. The number of sulfonamides is 2. The van der Waals surface area contributed by atoms with Crippen molar-refractivity contribution in [3.63, 3.8) is 0 Å². The molecule has 26 nitrogen and oxygen atoms in total. The van der Waals surface area contributed by atoms with E-state index < -0.39 is 42.8 Å². The summed E-state index contributed by atoms with van der Waals surface area (Å²) in [5, 5.41) is 24.0. The maximum atomic E-state index is 13.7. The summed E-state index contributed by atoms with van der Waals surface area (Å²) in [6.07, 6.45) is 7.03. The van der Waals surface area contributed by atoms with Gasteiger partial charge < -0.3 is 28.4 Å². The summed E-state index contributed by atoms with van der Waals surface area (Å²) < 4.78 is 99.7. The monoisotopic (exact) mass is 1120 g/mol. The highest BCUT2D eigenvalue weighted by atomic mass is 35.5. The number of nitrogens with zero attached hydrogens (tertiary/aromatic N) is 14. The molecule has 404 valence electrons. The lowest BCUT2D eigenvalue weighted by Crippen LogP contribution is -2.34. The molecule has 8 rings (SSSR count). The zero-order chi connectivity index (χ0) is 54.9. The third-order valence-electron chi connectivity index (χ3n) is 11.2. The zero-order valence-electron chi connectivity index (χ0n) is 42.7. The number of aromatic nitrogens is 14. The third-order valence-corrected chi connectivity index (χ3v) is 15.0. The minimum Gasteiger partial charge on any atom is -0.494 e. The highest BCUT2D eigenvalue weighted by Crippen LogP contribution is 2.40. The summed E-state index contributed by atoms with van der Waals surface area (Å²) >= 11 is 11.8. The van der Waals surface area contributed by atoms with Crippen molar-refractivity contribution < 1.29 is 45.3 Å². The van der Waals surface area contributed by atoms with E-state index in [0.717, 1.165) is 0 Å². The van der Waals surface area contributed by atoms with Crippen LogP contribution in [0.1, 0.15) is 51.6 Å². The van der Waals surface area contributed by atoms with Crippen molar-refractivity contribution in [2.24, 2.45) is 14.1 Å². The van der Waals surface area contributed by atoms with Crippen LogP contribution < -0.4 is 28.4 Å². The Hall–Kier alpha value is -7.50. The Morgan fingerprint density at radius 2 is 0.868 bits per heavy atom. The van der Waals surface area contributed by atoms with Gasteiger partial charge in [0.15, 0.2) is 23.3 Å². The molecule has 0 saturated heterocycles. The smallest absolute Gasteiger partial charge is 0.243 e. The normalized spacial score (nSPS) is 13.2. The Morgan fingerprint density at radius 1 is 0.539 bits per heavy atom. The Kier molecular flexibility index (Phi) is 18.1. The van der Waals surface area contributed by atoms with Crippen LogP contribution in [0.4, 0.5) is 11.9 Å². The highest BCUT2D eigenvalue weighted by Gasteiger charge is 2.37. The minimum absolute atomic E-state index is 0.104. The molecule has 0 saturated carbocycles. The van der Waals surface area contributed by atoms with E-state index in [-0.39, 0.29) is 48.4 Å². The van der Waals surface area contributed by atoms with Crippen molar-refractivity contribution in [1.82, 2.24) is 69.0 Å². The molecule has 76 heavy (non-hydrogen) atoms. The third kappa shape index (κ3) is 12.3. The summed E-state index contributed by atoms with van der Waals surface area (Å²) in [6.45, 7) is 6.94. The summed E-state index contributed by atoms with van der Waals surface area (Å²) in [4.78, 5) is 16.6. The molecule has 6 heterocycles. The largest absolute Gasteiger partial charge is 0.494 e. The van der Waals surface area contributed by atoms with Crippen LogP contribution in [0.2, 0.25) is 10.0 Å². The van der Waals surface area contributed by atoms with Crippen LogP contribution in [-0.4, -0.2) is 138 Å². The van der Waals surface area contributed by atoms with E-state index in [1.807, 2.05) is 0 Å². The number of ether oxygens (including phenoxy) is 6. The zero-order valence-corrected chi connectivity index (χ0v) is 45.9. The molecule has 30 heteroatoms. The van der Waals surface area contributed by atoms with Gasteiger partial charge in [0.2, 0.25) is 31.9 Å². The van der Waals surface area contributed by atoms with Gasteiger partial charge in [-0.25, -0.2) is 36.8 Å². The molecule has 8 aromatic rings. The van der Waals surface area contributed by atoms with Crippen LogP contribution in [-0.2, 0) is 43.6 Å². The number of para-hydroxylation sites is 2. The molecule has 0 fully saturated rings. The van der Waals surface area contributed by atoms with Gasteiger partial charge in [-0.1, -0.05) is 35.3 Å². The second-order valence-electron chi connectivity index (χ2n) is 16.1. The molecule has 0 aliphatic rings. The van der Waals surface area contributed by atoms with Gasteiger partial charge in [0, 0.05) is 64.5 Å². The molecule has 0 aliphatic heterocycles. The van der Waals surface area contributed by atoms with Gasteiger partial charge in [-0.15, -0.1) is 20.4 Å². The number of hydrogen-bond acceptors (Lipinski definition) is 20. The Labute approximate surface area is 447 Å². The van der Waals surface area contributed by atoms with E-state index >= 15 is 0 Å². The fourth-order valence-corrected chi connectivity index (χ4v) is 9.92. The molecule has 0 unspecified atom stereocenters. The first kappa shape index (κ1) is 56.2. The topological polar surface area (TPSA) is 296 Å². The van der Waals surface area contributed by atoms with E-state index in [0.29, 0.717) is 55.8 Å². The molecule has 0 spiro atoms. The summed E-state index contributed by atoms with van der Waals surface area (Å²) in [5.74, 6) is 2.27. The molecule has 0 radical (unpaired) electrons. The summed E-state index contributed by atoms with van der Waals surface area (Å²) in [7, 11) is 1.20. The van der Waals surface area contributed by atoms with Crippen molar-refractivity contribution in [2.75, 3.05) is 51.1 Å². The molecule has 0 bridgehead atoms. The molecule has 6 aromatic heterocycles. The second-order valence-corrected chi connectivity index (χ2v) is 21.1. The van der Waals surface area contributed by atoms with E-state index in [1.54, 1.807) is 98.2 Å². The molecular formula is C46H54Cl2N16O10S2. The SMILES string of the molecule is CCO[C@@H](c1ncc(Cl)cn1)[C@H](C)S(=O)(=O)Nc1nnc(-c2ccn(C)n2)n1-c1c(OC)cccc1OC.CCO[C@H](c1ncc(Cl)cn1)[C@@H](C)S(=O)(=O)Nc1nnc(-c2ccn(C)n2)n1-c1c(OC)cccc1OC. The maximum absolute atomic E-state index is 13.7. The van der Waals surface area contributed by atoms with Gasteiger partial charge >= 0.3 is 0 Å². The lowest BCUT2D eigenvalue weighted by Gasteiger charge is -2.23. The fourth-order valence-electron chi connectivity index (χ4n) is 7.53. The molecule has 0 aliphatic carbocycles. The van der Waals surface area contributed by atoms with Gasteiger partial charge in [-0.3, -0.25) is 27.9 Å². The quantitative estimate of drug-likeness (QED) is 0.0778. The number of aryl methyl sites for hydroxylation is 2. The second kappa shape index (κ2) is 24.4. The van der Waals surface area contributed by atoms with Gasteiger partial charge in [-0.2, -0.15) is 10.2 Å². The number of rotatable bonds is 22. The Balaban J connectivity index is 0.000000221. The minimum atomic E-state index is -4.14. The van der Waals surface area contributed by atoms with Crippen molar-refractivity contribution in [3.05, 3.63) is 107 Å². The number of halogens is 2. The van der Waals surface area contributed by atoms with E-state index in [4.69, 9.17) is 51.6 Å².